The van der Waals surface area contributed by atoms with Crippen LogP contribution in [0.5, 0.6) is 0 Å². The maximum atomic E-state index is 12.3. The van der Waals surface area contributed by atoms with Crippen LogP contribution in [0.25, 0.3) is 0 Å². The van der Waals surface area contributed by atoms with Crippen molar-refractivity contribution in [1.29, 1.82) is 0 Å². The van der Waals surface area contributed by atoms with Crippen LogP contribution in [0.4, 0.5) is 0 Å². The number of carbonyl (C=O) groups excluding carboxylic acids is 4. The van der Waals surface area contributed by atoms with E-state index >= 15 is 0 Å². The molecule has 0 heterocycles. The van der Waals surface area contributed by atoms with Gasteiger partial charge < -0.3 is 15.0 Å². The molecule has 1 amide bonds. The van der Waals surface area contributed by atoms with Crippen molar-refractivity contribution < 1.29 is 23.9 Å². The highest BCUT2D eigenvalue weighted by Gasteiger charge is 2.16. The highest BCUT2D eigenvalue weighted by molar-refractivity contribution is 5.97. The Labute approximate surface area is 172 Å². The summed E-state index contributed by atoms with van der Waals surface area (Å²) in [6.45, 7) is 4.65. The summed E-state index contributed by atoms with van der Waals surface area (Å²) in [5.41, 5.74) is 0.693. The number of amides is 1. The summed E-state index contributed by atoms with van der Waals surface area (Å²) in [6.07, 6.45) is 2.81. The van der Waals surface area contributed by atoms with Crippen molar-refractivity contribution in [2.75, 3.05) is 32.8 Å². The van der Waals surface area contributed by atoms with Crippen molar-refractivity contribution in [3.05, 3.63) is 35.9 Å². The minimum absolute atomic E-state index is 0.0153. The number of nitrogens with one attached hydrogen (secondary N) is 1. The van der Waals surface area contributed by atoms with Crippen LogP contribution in [0.3, 0.4) is 0 Å². The number of hydrogen-bond acceptors (Lipinski definition) is 6. The number of ether oxygens (including phenoxy) is 1. The SMILES string of the molecule is CCOC(=O)CCN(CC(C)=O)C(=O)CCCCCNCC(=O)c1ccccc1. The average Bonchev–Trinajstić information content (AvgIpc) is 2.70. The van der Waals surface area contributed by atoms with Gasteiger partial charge in [-0.15, -0.1) is 0 Å². The molecule has 29 heavy (non-hydrogen) atoms. The number of rotatable bonds is 15. The van der Waals surface area contributed by atoms with Gasteiger partial charge in [-0.2, -0.15) is 0 Å². The van der Waals surface area contributed by atoms with E-state index in [1.54, 1.807) is 19.1 Å². The monoisotopic (exact) mass is 404 g/mol. The molecule has 0 saturated carbocycles. The zero-order chi connectivity index (χ0) is 21.5. The van der Waals surface area contributed by atoms with Gasteiger partial charge in [-0.05, 0) is 33.2 Å². The van der Waals surface area contributed by atoms with Gasteiger partial charge in [0.15, 0.2) is 5.78 Å². The van der Waals surface area contributed by atoms with Gasteiger partial charge in [-0.25, -0.2) is 0 Å². The smallest absolute Gasteiger partial charge is 0.307 e. The Morgan fingerprint density at radius 1 is 1.00 bits per heavy atom. The van der Waals surface area contributed by atoms with E-state index in [-0.39, 0.29) is 43.0 Å². The standard InChI is InChI=1S/C22H32N2O5/c1-3-29-22(28)13-15-24(17-18(2)25)21(27)12-8-5-9-14-23-16-20(26)19-10-6-4-7-11-19/h4,6-7,10-11,23H,3,5,8-9,12-17H2,1-2H3. The third kappa shape index (κ3) is 11.1. The molecule has 0 unspecified atom stereocenters. The first-order valence-electron chi connectivity index (χ1n) is 10.2. The Morgan fingerprint density at radius 3 is 2.38 bits per heavy atom. The molecule has 1 rings (SSSR count). The molecule has 0 atom stereocenters. The Morgan fingerprint density at radius 2 is 1.72 bits per heavy atom. The fourth-order valence-corrected chi connectivity index (χ4v) is 2.81. The van der Waals surface area contributed by atoms with Crippen LogP contribution in [0.2, 0.25) is 0 Å². The third-order valence-corrected chi connectivity index (χ3v) is 4.28. The van der Waals surface area contributed by atoms with Crippen LogP contribution in [0.15, 0.2) is 30.3 Å². The predicted molar refractivity (Wildman–Crippen MR) is 111 cm³/mol. The maximum Gasteiger partial charge on any atom is 0.307 e. The van der Waals surface area contributed by atoms with Crippen molar-refractivity contribution >= 4 is 23.4 Å². The Hall–Kier alpha value is -2.54. The number of hydrogen-bond donors (Lipinski definition) is 1. The highest BCUT2D eigenvalue weighted by atomic mass is 16.5. The molecule has 0 fully saturated rings. The summed E-state index contributed by atoms with van der Waals surface area (Å²) < 4.78 is 4.87. The van der Waals surface area contributed by atoms with Crippen molar-refractivity contribution in [2.45, 2.75) is 46.0 Å². The lowest BCUT2D eigenvalue weighted by molar-refractivity contribution is -0.144. The molecule has 0 aromatic heterocycles. The van der Waals surface area contributed by atoms with Crippen LogP contribution < -0.4 is 5.32 Å². The number of nitrogens with zero attached hydrogens (tertiary/aromatic N) is 1. The molecule has 160 valence electrons. The molecule has 0 saturated heterocycles. The summed E-state index contributed by atoms with van der Waals surface area (Å²) in [6, 6.07) is 9.15. The summed E-state index contributed by atoms with van der Waals surface area (Å²) >= 11 is 0. The fourth-order valence-electron chi connectivity index (χ4n) is 2.81. The van der Waals surface area contributed by atoms with E-state index in [9.17, 15) is 19.2 Å². The van der Waals surface area contributed by atoms with Crippen molar-refractivity contribution in [3.63, 3.8) is 0 Å². The van der Waals surface area contributed by atoms with Gasteiger partial charge in [0.1, 0.15) is 5.78 Å². The fraction of sp³-hybridized carbons (Fsp3) is 0.545. The van der Waals surface area contributed by atoms with Crippen LogP contribution in [-0.2, 0) is 19.1 Å². The average molecular weight is 405 g/mol. The van der Waals surface area contributed by atoms with Gasteiger partial charge in [-0.1, -0.05) is 36.8 Å². The molecule has 0 aliphatic carbocycles. The van der Waals surface area contributed by atoms with E-state index in [2.05, 4.69) is 5.32 Å². The number of unbranched alkanes of at least 4 members (excludes halogenated alkanes) is 2. The molecular formula is C22H32N2O5. The Bertz CT molecular complexity index is 660. The molecule has 0 radical (unpaired) electrons. The first kappa shape index (κ1) is 24.5. The zero-order valence-corrected chi connectivity index (χ0v) is 17.4. The van der Waals surface area contributed by atoms with Gasteiger partial charge in [-0.3, -0.25) is 19.2 Å². The number of ketones is 2. The molecular weight excluding hydrogens is 372 g/mol. The molecule has 1 aromatic rings. The van der Waals surface area contributed by atoms with Gasteiger partial charge in [0, 0.05) is 18.5 Å². The van der Waals surface area contributed by atoms with Crippen molar-refractivity contribution in [3.8, 4) is 0 Å². The minimum Gasteiger partial charge on any atom is -0.466 e. The van der Waals surface area contributed by atoms with E-state index in [0.717, 1.165) is 12.8 Å². The van der Waals surface area contributed by atoms with Crippen LogP contribution in [0, 0.1) is 0 Å². The number of benzene rings is 1. The number of carbonyl (C=O) groups is 4. The molecule has 7 heteroatoms. The van der Waals surface area contributed by atoms with E-state index in [1.165, 1.54) is 11.8 Å². The Kier molecular flexibility index (Phi) is 12.2. The lowest BCUT2D eigenvalue weighted by Gasteiger charge is -2.21. The van der Waals surface area contributed by atoms with E-state index in [0.29, 0.717) is 38.1 Å². The third-order valence-electron chi connectivity index (χ3n) is 4.28. The summed E-state index contributed by atoms with van der Waals surface area (Å²) in [4.78, 5) is 48.6. The first-order valence-corrected chi connectivity index (χ1v) is 10.2. The first-order chi connectivity index (χ1) is 13.9. The topological polar surface area (TPSA) is 92.8 Å². The van der Waals surface area contributed by atoms with Crippen LogP contribution in [-0.4, -0.2) is 61.1 Å². The lowest BCUT2D eigenvalue weighted by atomic mass is 10.1. The summed E-state index contributed by atoms with van der Waals surface area (Å²) in [7, 11) is 0. The Balaban J connectivity index is 2.21. The maximum absolute atomic E-state index is 12.3. The van der Waals surface area contributed by atoms with Crippen molar-refractivity contribution in [1.82, 2.24) is 10.2 Å². The largest absolute Gasteiger partial charge is 0.466 e. The second-order valence-electron chi connectivity index (χ2n) is 6.85. The van der Waals surface area contributed by atoms with Gasteiger partial charge in [0.25, 0.3) is 0 Å². The minimum atomic E-state index is -0.370. The normalized spacial score (nSPS) is 10.4. The van der Waals surface area contributed by atoms with Gasteiger partial charge in [0.2, 0.25) is 5.91 Å². The second-order valence-corrected chi connectivity index (χ2v) is 6.85. The van der Waals surface area contributed by atoms with Gasteiger partial charge >= 0.3 is 5.97 Å². The van der Waals surface area contributed by atoms with Gasteiger partial charge in [0.05, 0.1) is 26.1 Å². The quantitative estimate of drug-likeness (QED) is 0.274. The molecule has 1 N–H and O–H groups in total. The molecule has 0 spiro atoms. The van der Waals surface area contributed by atoms with Crippen molar-refractivity contribution in [2.24, 2.45) is 0 Å². The number of esters is 1. The highest BCUT2D eigenvalue weighted by Crippen LogP contribution is 2.05. The number of Topliss-reactive ketones (excluding diaryl/α,β-unsaturated/α-hetero) is 2. The molecule has 0 bridgehead atoms. The summed E-state index contributed by atoms with van der Waals surface area (Å²) in [5, 5.41) is 3.12. The predicted octanol–water partition coefficient (Wildman–Crippen LogP) is 2.39. The molecule has 1 aromatic carbocycles. The molecule has 0 aliphatic rings. The van der Waals surface area contributed by atoms with Crippen LogP contribution in [0.1, 0.15) is 56.3 Å². The molecule has 7 nitrogen and oxygen atoms in total. The molecule has 0 aliphatic heterocycles. The zero-order valence-electron chi connectivity index (χ0n) is 17.4. The summed E-state index contributed by atoms with van der Waals surface area (Å²) in [5.74, 6) is -0.557. The van der Waals surface area contributed by atoms with E-state index in [1.807, 2.05) is 18.2 Å². The second kappa shape index (κ2) is 14.5. The van der Waals surface area contributed by atoms with E-state index in [4.69, 9.17) is 4.74 Å². The lowest BCUT2D eigenvalue weighted by Crippen LogP contribution is -2.36. The van der Waals surface area contributed by atoms with Crippen LogP contribution >= 0.6 is 0 Å². The van der Waals surface area contributed by atoms with E-state index < -0.39 is 0 Å².